The summed E-state index contributed by atoms with van der Waals surface area (Å²) in [5, 5.41) is 3.02. The molecule has 2 aromatic rings. The van der Waals surface area contributed by atoms with Crippen molar-refractivity contribution in [1.82, 2.24) is 4.90 Å². The molecule has 2 aromatic carbocycles. The lowest BCUT2D eigenvalue weighted by Crippen LogP contribution is -2.30. The van der Waals surface area contributed by atoms with Crippen molar-refractivity contribution < 1.29 is 9.18 Å². The molecule has 1 N–H and O–H groups in total. The smallest absolute Gasteiger partial charge is 0.256 e. The second-order valence-electron chi connectivity index (χ2n) is 4.94. The van der Waals surface area contributed by atoms with E-state index in [1.54, 1.807) is 37.2 Å². The monoisotopic (exact) mass is 286 g/mol. The fourth-order valence-electron chi connectivity index (χ4n) is 2.22. The van der Waals surface area contributed by atoms with Gasteiger partial charge in [0.1, 0.15) is 5.82 Å². The number of carbonyl (C=O) groups excluding carboxylic acids is 1. The molecule has 2 rings (SSSR count). The maximum atomic E-state index is 13.0. The number of rotatable bonds is 4. The van der Waals surface area contributed by atoms with Crippen LogP contribution in [0.5, 0.6) is 0 Å². The van der Waals surface area contributed by atoms with Gasteiger partial charge in [0.25, 0.3) is 5.91 Å². The molecule has 0 aliphatic carbocycles. The summed E-state index contributed by atoms with van der Waals surface area (Å²) in [5.41, 5.74) is 2.31. The van der Waals surface area contributed by atoms with Gasteiger partial charge >= 0.3 is 0 Å². The zero-order chi connectivity index (χ0) is 15.4. The number of hydrogen-bond acceptors (Lipinski definition) is 2. The number of benzene rings is 2. The van der Waals surface area contributed by atoms with Gasteiger partial charge in [-0.15, -0.1) is 0 Å². The SMILES string of the molecule is CNc1ccccc1C(=O)N(C)C(C)c1ccc(F)cc1. The minimum atomic E-state index is -0.277. The molecular weight excluding hydrogens is 267 g/mol. The lowest BCUT2D eigenvalue weighted by atomic mass is 10.1. The van der Waals surface area contributed by atoms with E-state index in [1.807, 2.05) is 25.1 Å². The molecule has 0 heterocycles. The van der Waals surface area contributed by atoms with E-state index < -0.39 is 0 Å². The molecule has 0 saturated carbocycles. The molecule has 0 aliphatic heterocycles. The summed E-state index contributed by atoms with van der Waals surface area (Å²) in [6, 6.07) is 13.5. The number of nitrogens with one attached hydrogen (secondary N) is 1. The molecule has 0 saturated heterocycles. The fourth-order valence-corrected chi connectivity index (χ4v) is 2.22. The Hall–Kier alpha value is -2.36. The highest BCUT2D eigenvalue weighted by Crippen LogP contribution is 2.23. The molecule has 110 valence electrons. The van der Waals surface area contributed by atoms with Crippen LogP contribution < -0.4 is 5.32 Å². The first-order valence-electron chi connectivity index (χ1n) is 6.84. The average molecular weight is 286 g/mol. The van der Waals surface area contributed by atoms with E-state index in [0.29, 0.717) is 5.56 Å². The molecule has 4 heteroatoms. The van der Waals surface area contributed by atoms with Crippen molar-refractivity contribution >= 4 is 11.6 Å². The first-order valence-corrected chi connectivity index (χ1v) is 6.84. The van der Waals surface area contributed by atoms with Crippen molar-refractivity contribution in [2.75, 3.05) is 19.4 Å². The summed E-state index contributed by atoms with van der Waals surface area (Å²) < 4.78 is 13.0. The predicted molar refractivity (Wildman–Crippen MR) is 82.9 cm³/mol. The van der Waals surface area contributed by atoms with Gasteiger partial charge in [-0.3, -0.25) is 4.79 Å². The molecular formula is C17H19FN2O. The Morgan fingerprint density at radius 2 is 1.76 bits per heavy atom. The van der Waals surface area contributed by atoms with Crippen molar-refractivity contribution in [1.29, 1.82) is 0 Å². The molecule has 21 heavy (non-hydrogen) atoms. The van der Waals surface area contributed by atoms with Crippen LogP contribution in [0.2, 0.25) is 0 Å². The number of para-hydroxylation sites is 1. The summed E-state index contributed by atoms with van der Waals surface area (Å²) in [4.78, 5) is 14.3. The molecule has 1 unspecified atom stereocenters. The average Bonchev–Trinajstić information content (AvgIpc) is 2.53. The molecule has 1 amide bonds. The van der Waals surface area contributed by atoms with E-state index >= 15 is 0 Å². The Kier molecular flexibility index (Phi) is 4.58. The minimum absolute atomic E-state index is 0.0724. The molecule has 0 radical (unpaired) electrons. The molecule has 0 aromatic heterocycles. The third-order valence-electron chi connectivity index (χ3n) is 3.68. The lowest BCUT2D eigenvalue weighted by molar-refractivity contribution is 0.0743. The van der Waals surface area contributed by atoms with Gasteiger partial charge in [-0.2, -0.15) is 0 Å². The van der Waals surface area contributed by atoms with Gasteiger partial charge in [0.2, 0.25) is 0 Å². The Bertz CT molecular complexity index is 625. The maximum Gasteiger partial charge on any atom is 0.256 e. The number of carbonyl (C=O) groups is 1. The van der Waals surface area contributed by atoms with Gasteiger partial charge in [0.05, 0.1) is 11.6 Å². The summed E-state index contributed by atoms with van der Waals surface area (Å²) in [5.74, 6) is -0.350. The van der Waals surface area contributed by atoms with Crippen LogP contribution in [-0.4, -0.2) is 24.9 Å². The topological polar surface area (TPSA) is 32.3 Å². The van der Waals surface area contributed by atoms with Crippen LogP contribution in [0.3, 0.4) is 0 Å². The number of hydrogen-bond donors (Lipinski definition) is 1. The molecule has 0 bridgehead atoms. The van der Waals surface area contributed by atoms with Crippen LogP contribution in [0.15, 0.2) is 48.5 Å². The van der Waals surface area contributed by atoms with Gasteiger partial charge in [-0.05, 0) is 36.8 Å². The lowest BCUT2D eigenvalue weighted by Gasteiger charge is -2.26. The second kappa shape index (κ2) is 6.39. The zero-order valence-corrected chi connectivity index (χ0v) is 12.4. The largest absolute Gasteiger partial charge is 0.387 e. The minimum Gasteiger partial charge on any atom is -0.387 e. The van der Waals surface area contributed by atoms with E-state index in [4.69, 9.17) is 0 Å². The Morgan fingerprint density at radius 1 is 1.14 bits per heavy atom. The first-order chi connectivity index (χ1) is 10.0. The summed E-state index contributed by atoms with van der Waals surface area (Å²) in [6.45, 7) is 1.92. The number of amides is 1. The molecule has 0 fully saturated rings. The van der Waals surface area contributed by atoms with Gasteiger partial charge in [0.15, 0.2) is 0 Å². The summed E-state index contributed by atoms with van der Waals surface area (Å²) >= 11 is 0. The number of halogens is 1. The zero-order valence-electron chi connectivity index (χ0n) is 12.4. The van der Waals surface area contributed by atoms with Crippen LogP contribution in [0.1, 0.15) is 28.9 Å². The molecule has 0 aliphatic rings. The van der Waals surface area contributed by atoms with Gasteiger partial charge in [-0.1, -0.05) is 24.3 Å². The highest BCUT2D eigenvalue weighted by Gasteiger charge is 2.20. The standard InChI is InChI=1S/C17H19FN2O/c1-12(13-8-10-14(18)11-9-13)20(3)17(21)15-6-4-5-7-16(15)19-2/h4-12,19H,1-3H3. The number of anilines is 1. The van der Waals surface area contributed by atoms with Crippen molar-refractivity contribution in [3.8, 4) is 0 Å². The van der Waals surface area contributed by atoms with Crippen LogP contribution in [-0.2, 0) is 0 Å². The van der Waals surface area contributed by atoms with E-state index in [0.717, 1.165) is 11.3 Å². The third kappa shape index (κ3) is 3.21. The van der Waals surface area contributed by atoms with Crippen LogP contribution in [0.25, 0.3) is 0 Å². The van der Waals surface area contributed by atoms with Crippen LogP contribution >= 0.6 is 0 Å². The normalized spacial score (nSPS) is 11.8. The fraction of sp³-hybridized carbons (Fsp3) is 0.235. The molecule has 0 spiro atoms. The summed E-state index contributed by atoms with van der Waals surface area (Å²) in [6.07, 6.45) is 0. The maximum absolute atomic E-state index is 13.0. The first kappa shape index (κ1) is 15.0. The quantitative estimate of drug-likeness (QED) is 0.929. The Labute approximate surface area is 124 Å². The van der Waals surface area contributed by atoms with E-state index in [2.05, 4.69) is 5.32 Å². The molecule has 1 atom stereocenters. The Morgan fingerprint density at radius 3 is 2.38 bits per heavy atom. The van der Waals surface area contributed by atoms with E-state index in [-0.39, 0.29) is 17.8 Å². The van der Waals surface area contributed by atoms with Gasteiger partial charge in [-0.25, -0.2) is 4.39 Å². The predicted octanol–water partition coefficient (Wildman–Crippen LogP) is 3.70. The number of nitrogens with zero attached hydrogens (tertiary/aromatic N) is 1. The Balaban J connectivity index is 2.24. The third-order valence-corrected chi connectivity index (χ3v) is 3.68. The van der Waals surface area contributed by atoms with E-state index in [9.17, 15) is 9.18 Å². The highest BCUT2D eigenvalue weighted by molar-refractivity contribution is 5.99. The van der Waals surface area contributed by atoms with Crippen molar-refractivity contribution in [3.05, 3.63) is 65.5 Å². The van der Waals surface area contributed by atoms with Crippen molar-refractivity contribution in [3.63, 3.8) is 0 Å². The summed E-state index contributed by atoms with van der Waals surface area (Å²) in [7, 11) is 3.54. The van der Waals surface area contributed by atoms with E-state index in [1.165, 1.54) is 12.1 Å². The molecule has 3 nitrogen and oxygen atoms in total. The second-order valence-corrected chi connectivity index (χ2v) is 4.94. The van der Waals surface area contributed by atoms with Crippen molar-refractivity contribution in [2.24, 2.45) is 0 Å². The van der Waals surface area contributed by atoms with Crippen LogP contribution in [0, 0.1) is 5.82 Å². The van der Waals surface area contributed by atoms with Gasteiger partial charge < -0.3 is 10.2 Å². The highest BCUT2D eigenvalue weighted by atomic mass is 19.1. The van der Waals surface area contributed by atoms with Crippen LogP contribution in [0.4, 0.5) is 10.1 Å². The van der Waals surface area contributed by atoms with Gasteiger partial charge in [0, 0.05) is 19.8 Å². The van der Waals surface area contributed by atoms with Crippen molar-refractivity contribution in [2.45, 2.75) is 13.0 Å².